The first kappa shape index (κ1) is 19.6. The highest BCUT2D eigenvalue weighted by molar-refractivity contribution is 6.31. The van der Waals surface area contributed by atoms with E-state index in [0.29, 0.717) is 17.3 Å². The summed E-state index contributed by atoms with van der Waals surface area (Å²) in [7, 11) is 0. The molecule has 1 heterocycles. The van der Waals surface area contributed by atoms with E-state index in [1.165, 1.54) is 6.20 Å². The van der Waals surface area contributed by atoms with Gasteiger partial charge >= 0.3 is 5.97 Å². The number of aryl methyl sites for hydroxylation is 2. The minimum absolute atomic E-state index is 0.269. The zero-order chi connectivity index (χ0) is 20.1. The molecule has 0 radical (unpaired) electrons. The van der Waals surface area contributed by atoms with E-state index < -0.39 is 11.9 Å². The van der Waals surface area contributed by atoms with Crippen molar-refractivity contribution < 1.29 is 14.3 Å². The molecule has 0 aliphatic heterocycles. The zero-order valence-electron chi connectivity index (χ0n) is 15.6. The SMILES string of the molecule is Cc1ccc(NC(=O)COC(=O)c2cnn(Cc3ccccc3Cl)c2)cc1C. The molecule has 0 atom stereocenters. The second-order valence-electron chi connectivity index (χ2n) is 6.44. The first-order chi connectivity index (χ1) is 13.4. The lowest BCUT2D eigenvalue weighted by atomic mass is 10.1. The minimum Gasteiger partial charge on any atom is -0.452 e. The first-order valence-electron chi connectivity index (χ1n) is 8.72. The van der Waals surface area contributed by atoms with Crippen molar-refractivity contribution in [2.24, 2.45) is 0 Å². The van der Waals surface area contributed by atoms with Gasteiger partial charge in [-0.3, -0.25) is 9.48 Å². The van der Waals surface area contributed by atoms with Crippen LogP contribution in [0.4, 0.5) is 5.69 Å². The molecule has 0 saturated heterocycles. The Morgan fingerprint density at radius 3 is 2.68 bits per heavy atom. The van der Waals surface area contributed by atoms with Crippen molar-refractivity contribution in [3.63, 3.8) is 0 Å². The van der Waals surface area contributed by atoms with Crippen molar-refractivity contribution >= 4 is 29.2 Å². The Labute approximate surface area is 168 Å². The molecule has 0 aliphatic carbocycles. The first-order valence-corrected chi connectivity index (χ1v) is 9.10. The number of carbonyl (C=O) groups is 2. The molecule has 28 heavy (non-hydrogen) atoms. The predicted molar refractivity (Wildman–Crippen MR) is 108 cm³/mol. The molecule has 0 saturated carbocycles. The van der Waals surface area contributed by atoms with Gasteiger partial charge in [0.15, 0.2) is 6.61 Å². The van der Waals surface area contributed by atoms with Crippen LogP contribution in [0, 0.1) is 13.8 Å². The van der Waals surface area contributed by atoms with Gasteiger partial charge in [0, 0.05) is 16.9 Å². The summed E-state index contributed by atoms with van der Waals surface area (Å²) in [5.74, 6) is -1.01. The molecule has 2 aromatic carbocycles. The average molecular weight is 398 g/mol. The Bertz CT molecular complexity index is 1010. The van der Waals surface area contributed by atoms with E-state index in [2.05, 4.69) is 10.4 Å². The summed E-state index contributed by atoms with van der Waals surface area (Å²) in [6.07, 6.45) is 2.97. The number of nitrogens with one attached hydrogen (secondary N) is 1. The lowest BCUT2D eigenvalue weighted by Gasteiger charge is -2.08. The second kappa shape index (κ2) is 8.71. The lowest BCUT2D eigenvalue weighted by Crippen LogP contribution is -2.20. The number of amides is 1. The number of rotatable bonds is 6. The fourth-order valence-electron chi connectivity index (χ4n) is 2.59. The summed E-state index contributed by atoms with van der Waals surface area (Å²) in [5.41, 5.74) is 4.03. The van der Waals surface area contributed by atoms with Gasteiger partial charge in [-0.15, -0.1) is 0 Å². The lowest BCUT2D eigenvalue weighted by molar-refractivity contribution is -0.119. The van der Waals surface area contributed by atoms with Crippen LogP contribution in [-0.2, 0) is 16.1 Å². The molecule has 0 bridgehead atoms. The summed E-state index contributed by atoms with van der Waals surface area (Å²) in [6.45, 7) is 4.02. The van der Waals surface area contributed by atoms with Gasteiger partial charge < -0.3 is 10.1 Å². The van der Waals surface area contributed by atoms with Gasteiger partial charge in [0.2, 0.25) is 0 Å². The molecule has 6 nitrogen and oxygen atoms in total. The highest BCUT2D eigenvalue weighted by Gasteiger charge is 2.13. The van der Waals surface area contributed by atoms with Gasteiger partial charge in [0.25, 0.3) is 5.91 Å². The minimum atomic E-state index is -0.611. The van der Waals surface area contributed by atoms with Gasteiger partial charge in [-0.2, -0.15) is 5.10 Å². The average Bonchev–Trinajstić information content (AvgIpc) is 3.13. The molecule has 3 aromatic rings. The molecule has 0 fully saturated rings. The number of ether oxygens (including phenoxy) is 1. The van der Waals surface area contributed by atoms with Gasteiger partial charge in [-0.1, -0.05) is 35.9 Å². The normalized spacial score (nSPS) is 10.5. The molecule has 7 heteroatoms. The third kappa shape index (κ3) is 4.98. The number of carbonyl (C=O) groups excluding carboxylic acids is 2. The smallest absolute Gasteiger partial charge is 0.341 e. The van der Waals surface area contributed by atoms with Crippen LogP contribution in [0.15, 0.2) is 54.9 Å². The number of benzene rings is 2. The van der Waals surface area contributed by atoms with Crippen LogP contribution < -0.4 is 5.32 Å². The third-order valence-electron chi connectivity index (χ3n) is 4.28. The molecule has 1 N–H and O–H groups in total. The number of halogens is 1. The number of aromatic nitrogens is 2. The Morgan fingerprint density at radius 2 is 1.93 bits per heavy atom. The van der Waals surface area contributed by atoms with Crippen molar-refractivity contribution in [1.82, 2.24) is 9.78 Å². The largest absolute Gasteiger partial charge is 0.452 e. The summed E-state index contributed by atoms with van der Waals surface area (Å²) >= 11 is 6.14. The van der Waals surface area contributed by atoms with E-state index in [1.807, 2.05) is 44.2 Å². The molecule has 0 aliphatic rings. The molecule has 3 rings (SSSR count). The van der Waals surface area contributed by atoms with Gasteiger partial charge in [-0.25, -0.2) is 4.79 Å². The van der Waals surface area contributed by atoms with Crippen LogP contribution in [0.3, 0.4) is 0 Å². The number of anilines is 1. The third-order valence-corrected chi connectivity index (χ3v) is 4.65. The highest BCUT2D eigenvalue weighted by Crippen LogP contribution is 2.16. The van der Waals surface area contributed by atoms with Crippen LogP contribution in [0.5, 0.6) is 0 Å². The van der Waals surface area contributed by atoms with Gasteiger partial charge in [0.05, 0.1) is 18.3 Å². The second-order valence-corrected chi connectivity index (χ2v) is 6.85. The monoisotopic (exact) mass is 397 g/mol. The van der Waals surface area contributed by atoms with Gasteiger partial charge in [-0.05, 0) is 48.7 Å². The summed E-state index contributed by atoms with van der Waals surface area (Å²) < 4.78 is 6.66. The van der Waals surface area contributed by atoms with E-state index >= 15 is 0 Å². The van der Waals surface area contributed by atoms with Gasteiger partial charge in [0.1, 0.15) is 0 Å². The van der Waals surface area contributed by atoms with Crippen molar-refractivity contribution in [3.05, 3.63) is 82.1 Å². The maximum absolute atomic E-state index is 12.2. The van der Waals surface area contributed by atoms with Crippen LogP contribution in [0.1, 0.15) is 27.0 Å². The number of nitrogens with zero attached hydrogens (tertiary/aromatic N) is 2. The molecule has 0 spiro atoms. The molecule has 1 amide bonds. The molecular formula is C21H20ClN3O3. The number of hydrogen-bond acceptors (Lipinski definition) is 4. The maximum atomic E-state index is 12.2. The van der Waals surface area contributed by atoms with E-state index in [9.17, 15) is 9.59 Å². The summed E-state index contributed by atoms with van der Waals surface area (Å²) in [6, 6.07) is 13.0. The van der Waals surface area contributed by atoms with Crippen LogP contribution in [-0.4, -0.2) is 28.3 Å². The van der Waals surface area contributed by atoms with Crippen molar-refractivity contribution in [1.29, 1.82) is 0 Å². The Balaban J connectivity index is 1.53. The zero-order valence-corrected chi connectivity index (χ0v) is 16.4. The van der Waals surface area contributed by atoms with E-state index in [4.69, 9.17) is 16.3 Å². The number of esters is 1. The van der Waals surface area contributed by atoms with Crippen LogP contribution in [0.25, 0.3) is 0 Å². The summed E-state index contributed by atoms with van der Waals surface area (Å²) in [4.78, 5) is 24.2. The van der Waals surface area contributed by atoms with Crippen LogP contribution in [0.2, 0.25) is 5.02 Å². The van der Waals surface area contributed by atoms with E-state index in [0.717, 1.165) is 16.7 Å². The fourth-order valence-corrected chi connectivity index (χ4v) is 2.78. The van der Waals surface area contributed by atoms with Crippen LogP contribution >= 0.6 is 11.6 Å². The predicted octanol–water partition coefficient (Wildman–Crippen LogP) is 4.00. The Hall–Kier alpha value is -3.12. The fraction of sp³-hybridized carbons (Fsp3) is 0.190. The molecule has 0 unspecified atom stereocenters. The topological polar surface area (TPSA) is 73.2 Å². The van der Waals surface area contributed by atoms with Crippen molar-refractivity contribution in [3.8, 4) is 0 Å². The molecular weight excluding hydrogens is 378 g/mol. The Morgan fingerprint density at radius 1 is 1.14 bits per heavy atom. The number of hydrogen-bond donors (Lipinski definition) is 1. The Kier molecular flexibility index (Phi) is 6.11. The maximum Gasteiger partial charge on any atom is 0.341 e. The molecule has 1 aromatic heterocycles. The molecule has 144 valence electrons. The quantitative estimate of drug-likeness (QED) is 0.638. The van der Waals surface area contributed by atoms with Crippen molar-refractivity contribution in [2.45, 2.75) is 20.4 Å². The van der Waals surface area contributed by atoms with E-state index in [-0.39, 0.29) is 12.2 Å². The van der Waals surface area contributed by atoms with Crippen molar-refractivity contribution in [2.75, 3.05) is 11.9 Å². The highest BCUT2D eigenvalue weighted by atomic mass is 35.5. The summed E-state index contributed by atoms with van der Waals surface area (Å²) in [5, 5.41) is 7.48. The standard InChI is InChI=1S/C21H20ClN3O3/c1-14-7-8-18(9-15(14)2)24-20(26)13-28-21(27)17-10-23-25(12-17)11-16-5-3-4-6-19(16)22/h3-10,12H,11,13H2,1-2H3,(H,24,26). The van der Waals surface area contributed by atoms with E-state index in [1.54, 1.807) is 23.0 Å².